The molecule has 0 saturated carbocycles. The Hall–Kier alpha value is -1.94. The van der Waals surface area contributed by atoms with Gasteiger partial charge in [0.2, 0.25) is 5.82 Å². The summed E-state index contributed by atoms with van der Waals surface area (Å²) in [5.41, 5.74) is 0. The molecular weight excluding hydrogens is 292 g/mol. The first-order chi connectivity index (χ1) is 8.99. The van der Waals surface area contributed by atoms with Gasteiger partial charge in [-0.05, 0) is 11.0 Å². The fourth-order valence-electron chi connectivity index (χ4n) is 1.36. The van der Waals surface area contributed by atoms with Gasteiger partial charge in [0.1, 0.15) is 6.20 Å². The van der Waals surface area contributed by atoms with Crippen LogP contribution in [-0.2, 0) is 12.8 Å². The first-order valence-electron chi connectivity index (χ1n) is 5.01. The molecule has 0 N–H and O–H groups in total. The Balaban J connectivity index is 2.06. The zero-order chi connectivity index (χ0) is 14.0. The van der Waals surface area contributed by atoms with E-state index in [4.69, 9.17) is 0 Å². The molecule has 0 fully saturated rings. The second kappa shape index (κ2) is 5.36. The molecule has 0 aliphatic rings. The SMILES string of the molecule is Cn1c([N+](=O)[O-])cnc1CSc1ccc([N+](=O)[O-])s1. The van der Waals surface area contributed by atoms with E-state index in [-0.39, 0.29) is 10.8 Å². The van der Waals surface area contributed by atoms with Gasteiger partial charge in [-0.15, -0.1) is 11.8 Å². The maximum Gasteiger partial charge on any atom is 0.342 e. The lowest BCUT2D eigenvalue weighted by molar-refractivity contribution is -0.391. The highest BCUT2D eigenvalue weighted by molar-refractivity contribution is 8.00. The third-order valence-corrected chi connectivity index (χ3v) is 4.60. The van der Waals surface area contributed by atoms with Crippen molar-refractivity contribution >= 4 is 33.9 Å². The number of imidazole rings is 1. The molecule has 2 rings (SSSR count). The Morgan fingerprint density at radius 2 is 2.11 bits per heavy atom. The Bertz CT molecular complexity index is 636. The summed E-state index contributed by atoms with van der Waals surface area (Å²) in [6, 6.07) is 3.10. The van der Waals surface area contributed by atoms with Crippen molar-refractivity contribution in [1.82, 2.24) is 9.55 Å². The van der Waals surface area contributed by atoms with Crippen LogP contribution in [0.2, 0.25) is 0 Å². The normalized spacial score (nSPS) is 10.6. The molecule has 0 aliphatic heterocycles. The van der Waals surface area contributed by atoms with Crippen LogP contribution < -0.4 is 0 Å². The zero-order valence-electron chi connectivity index (χ0n) is 9.68. The van der Waals surface area contributed by atoms with E-state index in [2.05, 4.69) is 4.98 Å². The Labute approximate surface area is 115 Å². The van der Waals surface area contributed by atoms with Gasteiger partial charge in [0, 0.05) is 6.07 Å². The standard InChI is InChI=1S/C9H8N4O4S2/c1-11-6(10-4-7(11)12(14)15)5-18-9-3-2-8(19-9)13(16)17/h2-4H,5H2,1H3. The molecule has 0 unspecified atom stereocenters. The van der Waals surface area contributed by atoms with Gasteiger partial charge in [0.15, 0.2) is 0 Å². The zero-order valence-corrected chi connectivity index (χ0v) is 11.3. The van der Waals surface area contributed by atoms with Crippen LogP contribution >= 0.6 is 23.1 Å². The smallest absolute Gasteiger partial charge is 0.342 e. The van der Waals surface area contributed by atoms with E-state index in [0.717, 1.165) is 15.5 Å². The van der Waals surface area contributed by atoms with Gasteiger partial charge in [-0.25, -0.2) is 9.55 Å². The van der Waals surface area contributed by atoms with Gasteiger partial charge < -0.3 is 10.1 Å². The highest BCUT2D eigenvalue weighted by Gasteiger charge is 2.17. The maximum absolute atomic E-state index is 10.7. The van der Waals surface area contributed by atoms with E-state index in [0.29, 0.717) is 11.6 Å². The molecule has 0 atom stereocenters. The summed E-state index contributed by atoms with van der Waals surface area (Å²) in [5.74, 6) is 0.891. The van der Waals surface area contributed by atoms with Crippen molar-refractivity contribution in [3.05, 3.63) is 44.4 Å². The van der Waals surface area contributed by atoms with Crippen LogP contribution in [0.25, 0.3) is 0 Å². The van der Waals surface area contributed by atoms with E-state index in [1.165, 1.54) is 28.6 Å². The molecule has 0 saturated heterocycles. The van der Waals surface area contributed by atoms with Crippen molar-refractivity contribution in [2.45, 2.75) is 9.96 Å². The fraction of sp³-hybridized carbons (Fsp3) is 0.222. The van der Waals surface area contributed by atoms with E-state index in [1.807, 2.05) is 0 Å². The fourth-order valence-corrected chi connectivity index (χ4v) is 3.29. The molecule has 0 radical (unpaired) electrons. The quantitative estimate of drug-likeness (QED) is 0.477. The molecule has 0 bridgehead atoms. The lowest BCUT2D eigenvalue weighted by atomic mass is 10.6. The van der Waals surface area contributed by atoms with Crippen LogP contribution in [0, 0.1) is 20.2 Å². The van der Waals surface area contributed by atoms with E-state index in [9.17, 15) is 20.2 Å². The Morgan fingerprint density at radius 1 is 1.37 bits per heavy atom. The minimum atomic E-state index is -0.503. The van der Waals surface area contributed by atoms with E-state index >= 15 is 0 Å². The first kappa shape index (κ1) is 13.5. The third kappa shape index (κ3) is 2.90. The van der Waals surface area contributed by atoms with E-state index < -0.39 is 9.85 Å². The average molecular weight is 300 g/mol. The van der Waals surface area contributed by atoms with Gasteiger partial charge >= 0.3 is 10.8 Å². The van der Waals surface area contributed by atoms with Crippen molar-refractivity contribution < 1.29 is 9.85 Å². The molecule has 0 amide bonds. The molecule has 2 heterocycles. The van der Waals surface area contributed by atoms with Crippen molar-refractivity contribution in [1.29, 1.82) is 0 Å². The van der Waals surface area contributed by atoms with Gasteiger partial charge in [-0.1, -0.05) is 11.3 Å². The van der Waals surface area contributed by atoms with Crippen LogP contribution in [-0.4, -0.2) is 19.4 Å². The molecule has 2 aromatic rings. The summed E-state index contributed by atoms with van der Waals surface area (Å²) in [7, 11) is 1.57. The maximum atomic E-state index is 10.7. The summed E-state index contributed by atoms with van der Waals surface area (Å²) in [6.07, 6.45) is 1.20. The summed E-state index contributed by atoms with van der Waals surface area (Å²) in [5, 5.41) is 21.3. The monoisotopic (exact) mass is 300 g/mol. The van der Waals surface area contributed by atoms with E-state index in [1.54, 1.807) is 13.1 Å². The van der Waals surface area contributed by atoms with Crippen molar-refractivity contribution in [3.8, 4) is 0 Å². The van der Waals surface area contributed by atoms with Crippen LogP contribution in [0.15, 0.2) is 22.5 Å². The summed E-state index contributed by atoms with van der Waals surface area (Å²) in [6.45, 7) is 0. The van der Waals surface area contributed by atoms with Crippen LogP contribution in [0.4, 0.5) is 10.8 Å². The summed E-state index contributed by atoms with van der Waals surface area (Å²) in [4.78, 5) is 24.2. The molecule has 0 spiro atoms. The molecule has 0 aromatic carbocycles. The second-order valence-corrected chi connectivity index (χ2v) is 5.83. The highest BCUT2D eigenvalue weighted by atomic mass is 32.2. The number of thiophene rings is 1. The topological polar surface area (TPSA) is 104 Å². The minimum Gasteiger partial charge on any atom is -0.358 e. The van der Waals surface area contributed by atoms with Gasteiger partial charge in [-0.2, -0.15) is 0 Å². The largest absolute Gasteiger partial charge is 0.358 e. The molecular formula is C9H8N4O4S2. The number of hydrogen-bond donors (Lipinski definition) is 0. The molecule has 0 aliphatic carbocycles. The number of hydrogen-bond acceptors (Lipinski definition) is 7. The molecule has 100 valence electrons. The highest BCUT2D eigenvalue weighted by Crippen LogP contribution is 2.33. The van der Waals surface area contributed by atoms with Crippen LogP contribution in [0.1, 0.15) is 5.82 Å². The number of thioether (sulfide) groups is 1. The molecule has 2 aromatic heterocycles. The molecule has 8 nitrogen and oxygen atoms in total. The van der Waals surface area contributed by atoms with Crippen LogP contribution in [0.5, 0.6) is 0 Å². The number of rotatable bonds is 5. The van der Waals surface area contributed by atoms with Crippen LogP contribution in [0.3, 0.4) is 0 Å². The molecule has 10 heteroatoms. The minimum absolute atomic E-state index is 0.0761. The first-order valence-corrected chi connectivity index (χ1v) is 6.81. The lowest BCUT2D eigenvalue weighted by Gasteiger charge is -1.97. The Morgan fingerprint density at radius 3 is 2.63 bits per heavy atom. The number of aromatic nitrogens is 2. The van der Waals surface area contributed by atoms with Crippen molar-refractivity contribution in [2.75, 3.05) is 0 Å². The Kier molecular flexibility index (Phi) is 3.81. The summed E-state index contributed by atoms with van der Waals surface area (Å²) < 4.78 is 2.17. The average Bonchev–Trinajstić information content (AvgIpc) is 2.93. The van der Waals surface area contributed by atoms with Gasteiger partial charge in [-0.3, -0.25) is 10.1 Å². The number of nitro groups is 2. The predicted molar refractivity (Wildman–Crippen MR) is 70.4 cm³/mol. The van der Waals surface area contributed by atoms with Gasteiger partial charge in [0.05, 0.1) is 21.9 Å². The van der Waals surface area contributed by atoms with Crippen molar-refractivity contribution in [2.24, 2.45) is 7.05 Å². The lowest BCUT2D eigenvalue weighted by Crippen LogP contribution is -2.00. The second-order valence-electron chi connectivity index (χ2n) is 3.49. The van der Waals surface area contributed by atoms with Crippen molar-refractivity contribution in [3.63, 3.8) is 0 Å². The molecule has 19 heavy (non-hydrogen) atoms. The number of nitrogens with zero attached hydrogens (tertiary/aromatic N) is 4. The summed E-state index contributed by atoms with van der Waals surface area (Å²) >= 11 is 2.43. The third-order valence-electron chi connectivity index (χ3n) is 2.34. The predicted octanol–water partition coefficient (Wildman–Crippen LogP) is 2.59. The van der Waals surface area contributed by atoms with Gasteiger partial charge in [0.25, 0.3) is 0 Å².